The Morgan fingerprint density at radius 3 is 2.32 bits per heavy atom. The number of furan rings is 1. The zero-order chi connectivity index (χ0) is 39.7. The van der Waals surface area contributed by atoms with Gasteiger partial charge in [0, 0.05) is 63.1 Å². The molecule has 4 bridgehead atoms. The number of ether oxygens (including phenoxy) is 1. The Labute approximate surface area is 325 Å². The summed E-state index contributed by atoms with van der Waals surface area (Å²) in [6, 6.07) is 15.9. The summed E-state index contributed by atoms with van der Waals surface area (Å²) >= 11 is 0. The van der Waals surface area contributed by atoms with Crippen molar-refractivity contribution in [2.75, 3.05) is 26.3 Å². The molecule has 0 spiro atoms. The first kappa shape index (κ1) is 41.4. The van der Waals surface area contributed by atoms with E-state index in [9.17, 15) is 28.8 Å². The van der Waals surface area contributed by atoms with Crippen LogP contribution in [-0.4, -0.2) is 79.9 Å². The Bertz CT molecular complexity index is 1840. The second-order valence-corrected chi connectivity index (χ2v) is 14.0. The first-order valence-corrected chi connectivity index (χ1v) is 19.0. The van der Waals surface area contributed by atoms with E-state index in [1.807, 2.05) is 24.3 Å². The van der Waals surface area contributed by atoms with Gasteiger partial charge in [0.15, 0.2) is 0 Å². The number of carbonyl (C=O) groups excluding carboxylic acids is 6. The van der Waals surface area contributed by atoms with Crippen LogP contribution in [0.25, 0.3) is 0 Å². The molecular weight excluding hydrogens is 718 g/mol. The summed E-state index contributed by atoms with van der Waals surface area (Å²) in [6.07, 6.45) is 6.21. The van der Waals surface area contributed by atoms with E-state index in [0.29, 0.717) is 55.7 Å². The average Bonchev–Trinajstić information content (AvgIpc) is 3.71. The SMILES string of the molecule is NCCOCCNC(=O)[C@@H]1Cc2cccc(c2)CNC(=O)/C=C/C(=O)NC2CCC(CC2)C(=O)N[C@@H](Cc2ccco2)C(=O)NCc2ccccc2CC(=O)N1. The predicted octanol–water partition coefficient (Wildman–Crippen LogP) is 0.846. The van der Waals surface area contributed by atoms with E-state index in [1.54, 1.807) is 36.4 Å². The van der Waals surface area contributed by atoms with Crippen molar-refractivity contribution in [3.05, 3.63) is 107 Å². The molecule has 3 aliphatic rings. The van der Waals surface area contributed by atoms with E-state index in [-0.39, 0.29) is 63.4 Å². The molecule has 1 aromatic heterocycles. The van der Waals surface area contributed by atoms with Crippen molar-refractivity contribution in [1.82, 2.24) is 31.9 Å². The third-order valence-corrected chi connectivity index (χ3v) is 9.73. The molecule has 1 fully saturated rings. The zero-order valence-corrected chi connectivity index (χ0v) is 31.4. The van der Waals surface area contributed by atoms with Crippen LogP contribution in [0.3, 0.4) is 0 Å². The quantitative estimate of drug-likeness (QED) is 0.161. The van der Waals surface area contributed by atoms with E-state index >= 15 is 0 Å². The van der Waals surface area contributed by atoms with E-state index < -0.39 is 41.6 Å². The van der Waals surface area contributed by atoms with Crippen LogP contribution in [0.4, 0.5) is 0 Å². The van der Waals surface area contributed by atoms with Gasteiger partial charge in [0.2, 0.25) is 35.4 Å². The molecule has 2 aliphatic heterocycles. The maximum atomic E-state index is 13.7. The van der Waals surface area contributed by atoms with Crippen molar-refractivity contribution in [3.8, 4) is 0 Å². The number of nitrogens with two attached hydrogens (primary N) is 1. The van der Waals surface area contributed by atoms with Crippen LogP contribution in [0.5, 0.6) is 0 Å². The molecule has 2 atom stereocenters. The highest BCUT2D eigenvalue weighted by molar-refractivity contribution is 5.97. The Morgan fingerprint density at radius 2 is 1.55 bits per heavy atom. The van der Waals surface area contributed by atoms with Gasteiger partial charge in [0.1, 0.15) is 17.8 Å². The van der Waals surface area contributed by atoms with E-state index in [0.717, 1.165) is 11.1 Å². The van der Waals surface area contributed by atoms with Crippen LogP contribution in [0.1, 0.15) is 53.7 Å². The fourth-order valence-electron chi connectivity index (χ4n) is 6.77. The molecule has 0 radical (unpaired) electrons. The largest absolute Gasteiger partial charge is 0.469 e. The van der Waals surface area contributed by atoms with Gasteiger partial charge < -0.3 is 46.8 Å². The number of nitrogens with one attached hydrogen (secondary N) is 6. The minimum absolute atomic E-state index is 0.0678. The molecule has 0 saturated heterocycles. The standard InChI is InChI=1S/C41H51N7O8/c42-16-19-55-20-17-43-40(53)34-22-27-5-3-6-28(21-27)25-44-36(49)14-15-37(50)46-32-12-10-29(11-13-32)39(52)48-35(24-33-9-4-18-56-33)41(54)45-26-31-8-2-1-7-30(31)23-38(51)47-34/h1-9,14-15,18,21,29,32,34-35H,10-13,16-17,19-20,22-26,42H2,(H,43,53)(H,44,49)(H,45,54)(H,46,50)(H,47,51)(H,48,52)/b15-14+/t29?,32?,34-,35-/m0/s1. The molecule has 298 valence electrons. The maximum Gasteiger partial charge on any atom is 0.244 e. The van der Waals surface area contributed by atoms with Gasteiger partial charge in [0.25, 0.3) is 0 Å². The van der Waals surface area contributed by atoms with Gasteiger partial charge in [-0.2, -0.15) is 0 Å². The van der Waals surface area contributed by atoms with Crippen molar-refractivity contribution in [3.63, 3.8) is 0 Å². The fourth-order valence-corrected chi connectivity index (χ4v) is 6.77. The van der Waals surface area contributed by atoms with Gasteiger partial charge in [-0.25, -0.2) is 0 Å². The number of hydrogen-bond acceptors (Lipinski definition) is 9. The third kappa shape index (κ3) is 13.2. The molecule has 0 unspecified atom stereocenters. The number of fused-ring (bicyclic) bond motifs is 16. The molecule has 56 heavy (non-hydrogen) atoms. The molecule has 2 aromatic carbocycles. The summed E-state index contributed by atoms with van der Waals surface area (Å²) in [6.45, 7) is 1.42. The van der Waals surface area contributed by atoms with Crippen molar-refractivity contribution in [1.29, 1.82) is 0 Å². The summed E-state index contributed by atoms with van der Waals surface area (Å²) in [5.41, 5.74) is 8.34. The monoisotopic (exact) mass is 769 g/mol. The molecule has 8 N–H and O–H groups in total. The lowest BCUT2D eigenvalue weighted by Gasteiger charge is -2.29. The highest BCUT2D eigenvalue weighted by Crippen LogP contribution is 2.25. The Balaban J connectivity index is 1.36. The number of carbonyl (C=O) groups is 6. The first-order valence-electron chi connectivity index (χ1n) is 19.0. The Morgan fingerprint density at radius 1 is 0.786 bits per heavy atom. The number of amides is 6. The van der Waals surface area contributed by atoms with Gasteiger partial charge in [-0.05, 0) is 60.1 Å². The highest BCUT2D eigenvalue weighted by Gasteiger charge is 2.31. The number of hydrogen-bond donors (Lipinski definition) is 7. The van der Waals surface area contributed by atoms with Gasteiger partial charge in [-0.1, -0.05) is 48.5 Å². The maximum absolute atomic E-state index is 13.7. The Kier molecular flexibility index (Phi) is 15.8. The normalized spacial score (nSPS) is 22.3. The van der Waals surface area contributed by atoms with E-state index in [2.05, 4.69) is 31.9 Å². The molecule has 6 amide bonds. The summed E-state index contributed by atoms with van der Waals surface area (Å²) in [4.78, 5) is 79.4. The topological polar surface area (TPSA) is 223 Å². The summed E-state index contributed by atoms with van der Waals surface area (Å²) < 4.78 is 10.9. The third-order valence-electron chi connectivity index (χ3n) is 9.73. The van der Waals surface area contributed by atoms with Crippen LogP contribution < -0.4 is 37.6 Å². The van der Waals surface area contributed by atoms with Gasteiger partial charge in [0.05, 0.1) is 25.9 Å². The molecule has 3 aromatic rings. The smallest absolute Gasteiger partial charge is 0.244 e. The number of benzene rings is 2. The predicted molar refractivity (Wildman–Crippen MR) is 206 cm³/mol. The Hall–Kier alpha value is -5.80. The van der Waals surface area contributed by atoms with Gasteiger partial charge in [-0.3, -0.25) is 28.8 Å². The van der Waals surface area contributed by atoms with E-state index in [4.69, 9.17) is 14.9 Å². The minimum Gasteiger partial charge on any atom is -0.469 e. The van der Waals surface area contributed by atoms with Crippen molar-refractivity contribution in [2.45, 2.75) is 76.2 Å². The molecule has 15 heteroatoms. The van der Waals surface area contributed by atoms with Crippen molar-refractivity contribution < 1.29 is 37.9 Å². The second-order valence-electron chi connectivity index (χ2n) is 14.0. The fraction of sp³-hybridized carbons (Fsp3) is 0.415. The van der Waals surface area contributed by atoms with Crippen LogP contribution in [0.15, 0.2) is 83.5 Å². The minimum atomic E-state index is -0.945. The van der Waals surface area contributed by atoms with Crippen LogP contribution in [-0.2, 0) is 65.9 Å². The number of rotatable bonds is 8. The summed E-state index contributed by atoms with van der Waals surface area (Å²) in [5, 5.41) is 17.2. The van der Waals surface area contributed by atoms with Gasteiger partial charge >= 0.3 is 0 Å². The summed E-state index contributed by atoms with van der Waals surface area (Å²) in [7, 11) is 0. The molecule has 15 nitrogen and oxygen atoms in total. The van der Waals surface area contributed by atoms with Crippen LogP contribution in [0, 0.1) is 5.92 Å². The first-order chi connectivity index (χ1) is 27.2. The van der Waals surface area contributed by atoms with Crippen molar-refractivity contribution in [2.24, 2.45) is 11.7 Å². The highest BCUT2D eigenvalue weighted by atomic mass is 16.5. The van der Waals surface area contributed by atoms with Crippen LogP contribution in [0.2, 0.25) is 0 Å². The lowest BCUT2D eigenvalue weighted by molar-refractivity contribution is -0.132. The molecule has 6 rings (SSSR count). The second kappa shape index (κ2) is 21.3. The molecule has 3 heterocycles. The average molecular weight is 770 g/mol. The van der Waals surface area contributed by atoms with Crippen molar-refractivity contribution >= 4 is 35.4 Å². The molecule has 1 saturated carbocycles. The zero-order valence-electron chi connectivity index (χ0n) is 31.4. The molecule has 1 aliphatic carbocycles. The van der Waals surface area contributed by atoms with Crippen LogP contribution >= 0.6 is 0 Å². The van der Waals surface area contributed by atoms with E-state index in [1.165, 1.54) is 18.4 Å². The lowest BCUT2D eigenvalue weighted by Crippen LogP contribution is -2.50. The van der Waals surface area contributed by atoms with Gasteiger partial charge in [-0.15, -0.1) is 0 Å². The molecular formula is C41H51N7O8. The summed E-state index contributed by atoms with van der Waals surface area (Å²) in [5.74, 6) is -2.19. The lowest BCUT2D eigenvalue weighted by atomic mass is 9.85.